The number of methoxy groups -OCH3 is 1. The summed E-state index contributed by atoms with van der Waals surface area (Å²) in [5, 5.41) is 2.78. The van der Waals surface area contributed by atoms with E-state index >= 15 is 0 Å². The van der Waals surface area contributed by atoms with Gasteiger partial charge in [0.05, 0.1) is 19.8 Å². The van der Waals surface area contributed by atoms with E-state index in [0.29, 0.717) is 17.1 Å². The minimum Gasteiger partial charge on any atom is -0.497 e. The molecule has 5 nitrogen and oxygen atoms in total. The van der Waals surface area contributed by atoms with Crippen LogP contribution in [0.3, 0.4) is 0 Å². The van der Waals surface area contributed by atoms with Crippen LogP contribution in [0.4, 0.5) is 0 Å². The highest BCUT2D eigenvalue weighted by atomic mass is 16.5. The molecule has 0 amide bonds. The molecule has 0 aliphatic carbocycles. The van der Waals surface area contributed by atoms with Gasteiger partial charge in [-0.05, 0) is 36.4 Å². The number of fused-ring (bicyclic) bond motifs is 4. The fourth-order valence-electron chi connectivity index (χ4n) is 3.42. The monoisotopic (exact) mass is 372 g/mol. The molecule has 2 heterocycles. The van der Waals surface area contributed by atoms with Gasteiger partial charge in [-0.15, -0.1) is 0 Å². The first kappa shape index (κ1) is 16.4. The molecule has 0 spiro atoms. The molecule has 5 rings (SSSR count). The summed E-state index contributed by atoms with van der Waals surface area (Å²) < 4.78 is 22.1. The first-order valence-corrected chi connectivity index (χ1v) is 8.87. The van der Waals surface area contributed by atoms with Crippen LogP contribution in [-0.2, 0) is 11.2 Å². The molecule has 0 radical (unpaired) electrons. The molecule has 0 fully saturated rings. The Balaban J connectivity index is 1.40. The predicted molar refractivity (Wildman–Crippen MR) is 106 cm³/mol. The molecule has 0 saturated carbocycles. The number of hydrogen-bond donors (Lipinski definition) is 0. The number of benzene rings is 3. The number of carbonyl (C=O) groups is 1. The minimum atomic E-state index is -0.356. The fourth-order valence-corrected chi connectivity index (χ4v) is 3.42. The molecule has 0 aliphatic rings. The first-order valence-electron chi connectivity index (χ1n) is 8.87. The first-order chi connectivity index (χ1) is 13.7. The summed E-state index contributed by atoms with van der Waals surface area (Å²) in [6.07, 6.45) is 1.70. The van der Waals surface area contributed by atoms with Crippen LogP contribution < -0.4 is 9.47 Å². The number of para-hydroxylation sites is 1. The quantitative estimate of drug-likeness (QED) is 0.308. The standard InChI is InChI=1S/C23H16O5/c1-25-15-6-8-17-14(13-26-22(17)12-15)10-23(24)27-16-7-9-21-19(11-16)18-4-2-3-5-20(18)28-21/h2-9,11-13H,10H2,1H3. The summed E-state index contributed by atoms with van der Waals surface area (Å²) in [5.74, 6) is 0.834. The van der Waals surface area contributed by atoms with Gasteiger partial charge in [-0.2, -0.15) is 0 Å². The van der Waals surface area contributed by atoms with Crippen LogP contribution >= 0.6 is 0 Å². The van der Waals surface area contributed by atoms with Gasteiger partial charge in [0.25, 0.3) is 0 Å². The third-order valence-electron chi connectivity index (χ3n) is 4.78. The Bertz CT molecular complexity index is 1330. The predicted octanol–water partition coefficient (Wildman–Crippen LogP) is 5.49. The van der Waals surface area contributed by atoms with Crippen LogP contribution in [0.2, 0.25) is 0 Å². The molecule has 0 saturated heterocycles. The van der Waals surface area contributed by atoms with E-state index in [1.165, 1.54) is 0 Å². The average molecular weight is 372 g/mol. The second-order valence-corrected chi connectivity index (χ2v) is 6.53. The molecule has 0 aliphatic heterocycles. The molecule has 5 heteroatoms. The molecular formula is C23H16O5. The SMILES string of the molecule is COc1ccc2c(CC(=O)Oc3ccc4oc5ccccc5c4c3)coc2c1. The third kappa shape index (κ3) is 2.77. The smallest absolute Gasteiger partial charge is 0.315 e. The van der Waals surface area contributed by atoms with Gasteiger partial charge >= 0.3 is 5.97 Å². The molecule has 138 valence electrons. The van der Waals surface area contributed by atoms with Crippen molar-refractivity contribution in [3.8, 4) is 11.5 Å². The topological polar surface area (TPSA) is 61.8 Å². The van der Waals surface area contributed by atoms with Crippen LogP contribution in [0, 0.1) is 0 Å². The highest BCUT2D eigenvalue weighted by molar-refractivity contribution is 6.05. The van der Waals surface area contributed by atoms with Crippen LogP contribution in [0.15, 0.2) is 75.8 Å². The Kier molecular flexibility index (Phi) is 3.79. The van der Waals surface area contributed by atoms with E-state index in [0.717, 1.165) is 32.9 Å². The molecule has 3 aromatic carbocycles. The summed E-state index contributed by atoms with van der Waals surface area (Å²) >= 11 is 0. The van der Waals surface area contributed by atoms with E-state index < -0.39 is 0 Å². The van der Waals surface area contributed by atoms with Crippen LogP contribution in [-0.4, -0.2) is 13.1 Å². The zero-order valence-electron chi connectivity index (χ0n) is 15.1. The van der Waals surface area contributed by atoms with Crippen molar-refractivity contribution in [3.05, 3.63) is 72.5 Å². The zero-order chi connectivity index (χ0) is 19.1. The Morgan fingerprint density at radius 3 is 2.57 bits per heavy atom. The molecular weight excluding hydrogens is 356 g/mol. The Labute approximate surface area is 160 Å². The molecule has 2 aromatic heterocycles. The summed E-state index contributed by atoms with van der Waals surface area (Å²) in [6, 6.07) is 18.7. The van der Waals surface area contributed by atoms with Crippen molar-refractivity contribution < 1.29 is 23.1 Å². The number of rotatable bonds is 4. The van der Waals surface area contributed by atoms with E-state index in [1.54, 1.807) is 25.5 Å². The lowest BCUT2D eigenvalue weighted by Crippen LogP contribution is -2.10. The van der Waals surface area contributed by atoms with E-state index in [1.807, 2.05) is 48.5 Å². The normalized spacial score (nSPS) is 11.3. The van der Waals surface area contributed by atoms with Gasteiger partial charge in [0.1, 0.15) is 28.2 Å². The number of furan rings is 2. The summed E-state index contributed by atoms with van der Waals surface area (Å²) in [7, 11) is 1.60. The van der Waals surface area contributed by atoms with Gasteiger partial charge in [-0.1, -0.05) is 18.2 Å². The maximum Gasteiger partial charge on any atom is 0.315 e. The van der Waals surface area contributed by atoms with E-state index in [9.17, 15) is 4.79 Å². The molecule has 28 heavy (non-hydrogen) atoms. The molecule has 0 N–H and O–H groups in total. The van der Waals surface area contributed by atoms with E-state index in [-0.39, 0.29) is 12.4 Å². The zero-order valence-corrected chi connectivity index (χ0v) is 15.1. The van der Waals surface area contributed by atoms with Crippen molar-refractivity contribution >= 4 is 38.9 Å². The Hall–Kier alpha value is -3.73. The van der Waals surface area contributed by atoms with E-state index in [2.05, 4.69) is 0 Å². The lowest BCUT2D eigenvalue weighted by atomic mass is 10.1. The van der Waals surface area contributed by atoms with Gasteiger partial charge in [0.2, 0.25) is 0 Å². The molecule has 0 bridgehead atoms. The van der Waals surface area contributed by atoms with Gasteiger partial charge in [-0.25, -0.2) is 0 Å². The number of hydrogen-bond acceptors (Lipinski definition) is 5. The minimum absolute atomic E-state index is 0.115. The Morgan fingerprint density at radius 1 is 0.857 bits per heavy atom. The van der Waals surface area contributed by atoms with Gasteiger partial charge in [0.15, 0.2) is 0 Å². The number of esters is 1. The fraction of sp³-hybridized carbons (Fsp3) is 0.0870. The summed E-state index contributed by atoms with van der Waals surface area (Å²) in [6.45, 7) is 0. The molecule has 0 unspecified atom stereocenters. The van der Waals surface area contributed by atoms with Crippen molar-refractivity contribution in [2.45, 2.75) is 6.42 Å². The number of carbonyl (C=O) groups excluding carboxylic acids is 1. The Morgan fingerprint density at radius 2 is 1.68 bits per heavy atom. The van der Waals surface area contributed by atoms with Gasteiger partial charge in [0, 0.05) is 27.8 Å². The lowest BCUT2D eigenvalue weighted by molar-refractivity contribution is -0.133. The third-order valence-corrected chi connectivity index (χ3v) is 4.78. The van der Waals surface area contributed by atoms with Crippen molar-refractivity contribution in [2.75, 3.05) is 7.11 Å². The maximum atomic E-state index is 12.5. The maximum absolute atomic E-state index is 12.5. The largest absolute Gasteiger partial charge is 0.497 e. The van der Waals surface area contributed by atoms with Crippen molar-refractivity contribution in [1.82, 2.24) is 0 Å². The van der Waals surface area contributed by atoms with Crippen molar-refractivity contribution in [1.29, 1.82) is 0 Å². The highest BCUT2D eigenvalue weighted by Gasteiger charge is 2.14. The summed E-state index contributed by atoms with van der Waals surface area (Å²) in [4.78, 5) is 12.5. The van der Waals surface area contributed by atoms with E-state index in [4.69, 9.17) is 18.3 Å². The summed E-state index contributed by atoms with van der Waals surface area (Å²) in [5.41, 5.74) is 3.02. The number of ether oxygens (including phenoxy) is 2. The van der Waals surface area contributed by atoms with Crippen LogP contribution in [0.5, 0.6) is 11.5 Å². The molecule has 0 atom stereocenters. The van der Waals surface area contributed by atoms with Crippen molar-refractivity contribution in [3.63, 3.8) is 0 Å². The van der Waals surface area contributed by atoms with Crippen LogP contribution in [0.25, 0.3) is 32.9 Å². The highest BCUT2D eigenvalue weighted by Crippen LogP contribution is 2.31. The molecule has 5 aromatic rings. The van der Waals surface area contributed by atoms with Crippen molar-refractivity contribution in [2.24, 2.45) is 0 Å². The van der Waals surface area contributed by atoms with Crippen LogP contribution in [0.1, 0.15) is 5.56 Å². The van der Waals surface area contributed by atoms with Gasteiger partial charge in [-0.3, -0.25) is 4.79 Å². The second-order valence-electron chi connectivity index (χ2n) is 6.53. The lowest BCUT2D eigenvalue weighted by Gasteiger charge is -2.04. The second kappa shape index (κ2) is 6.46. The van der Waals surface area contributed by atoms with Gasteiger partial charge < -0.3 is 18.3 Å². The average Bonchev–Trinajstić information content (AvgIpc) is 3.28.